The number of halogens is 1. The maximum absolute atomic E-state index is 12.2. The number of rotatable bonds is 7. The van der Waals surface area contributed by atoms with E-state index in [9.17, 15) is 4.79 Å². The van der Waals surface area contributed by atoms with Crippen LogP contribution in [0.15, 0.2) is 53.4 Å². The van der Waals surface area contributed by atoms with E-state index in [0.717, 1.165) is 10.2 Å². The van der Waals surface area contributed by atoms with Crippen LogP contribution in [0.1, 0.15) is 10.5 Å². The number of aromatic nitrogens is 4. The standard InChI is InChI=1S/C16H16BrN5O3/c1-24-10-21-7-6-15(20-21)16(23)19-13-8-18-22(9-13)11-25-14-4-2-12(17)3-5-14/h2-9H,10-11H2,1H3,(H,19,23). The highest BCUT2D eigenvalue weighted by molar-refractivity contribution is 9.10. The van der Waals surface area contributed by atoms with Gasteiger partial charge in [-0.3, -0.25) is 4.79 Å². The van der Waals surface area contributed by atoms with Crippen LogP contribution in [-0.2, 0) is 18.2 Å². The number of nitrogens with zero attached hydrogens (tertiary/aromatic N) is 4. The molecule has 130 valence electrons. The zero-order chi connectivity index (χ0) is 17.6. The third kappa shape index (κ3) is 4.68. The molecule has 9 heteroatoms. The molecule has 2 heterocycles. The quantitative estimate of drug-likeness (QED) is 0.653. The van der Waals surface area contributed by atoms with Gasteiger partial charge in [-0.15, -0.1) is 0 Å². The van der Waals surface area contributed by atoms with Gasteiger partial charge in [0.25, 0.3) is 5.91 Å². The lowest BCUT2D eigenvalue weighted by molar-refractivity contribution is 0.101. The summed E-state index contributed by atoms with van der Waals surface area (Å²) in [7, 11) is 1.56. The minimum Gasteiger partial charge on any atom is -0.471 e. The Morgan fingerprint density at radius 3 is 2.76 bits per heavy atom. The van der Waals surface area contributed by atoms with Crippen LogP contribution in [-0.4, -0.2) is 32.6 Å². The highest BCUT2D eigenvalue weighted by atomic mass is 79.9. The Hall–Kier alpha value is -2.65. The number of ether oxygens (including phenoxy) is 2. The minimum absolute atomic E-state index is 0.236. The first-order valence-electron chi connectivity index (χ1n) is 7.38. The molecule has 25 heavy (non-hydrogen) atoms. The summed E-state index contributed by atoms with van der Waals surface area (Å²) in [4.78, 5) is 12.2. The maximum Gasteiger partial charge on any atom is 0.276 e. The fraction of sp³-hybridized carbons (Fsp3) is 0.188. The van der Waals surface area contributed by atoms with E-state index in [0.29, 0.717) is 18.1 Å². The van der Waals surface area contributed by atoms with Crippen LogP contribution in [0.5, 0.6) is 5.75 Å². The van der Waals surface area contributed by atoms with Crippen LogP contribution < -0.4 is 10.1 Å². The molecule has 3 rings (SSSR count). The summed E-state index contributed by atoms with van der Waals surface area (Å²) in [6.45, 7) is 0.526. The molecular weight excluding hydrogens is 390 g/mol. The van der Waals surface area contributed by atoms with Gasteiger partial charge in [-0.2, -0.15) is 10.2 Å². The maximum atomic E-state index is 12.2. The summed E-state index contributed by atoms with van der Waals surface area (Å²) in [5, 5.41) is 11.0. The lowest BCUT2D eigenvalue weighted by Crippen LogP contribution is -2.13. The monoisotopic (exact) mass is 405 g/mol. The smallest absolute Gasteiger partial charge is 0.276 e. The molecule has 0 radical (unpaired) electrons. The number of anilines is 1. The third-order valence-corrected chi connectivity index (χ3v) is 3.73. The Morgan fingerprint density at radius 2 is 2.00 bits per heavy atom. The van der Waals surface area contributed by atoms with Crippen LogP contribution in [0.2, 0.25) is 0 Å². The molecule has 0 bridgehead atoms. The Balaban J connectivity index is 1.55. The fourth-order valence-electron chi connectivity index (χ4n) is 2.05. The molecular formula is C16H16BrN5O3. The number of amides is 1. The second-order valence-corrected chi connectivity index (χ2v) is 6.02. The van der Waals surface area contributed by atoms with Crippen molar-refractivity contribution < 1.29 is 14.3 Å². The van der Waals surface area contributed by atoms with Crippen molar-refractivity contribution in [3.8, 4) is 5.75 Å². The van der Waals surface area contributed by atoms with Gasteiger partial charge >= 0.3 is 0 Å². The zero-order valence-corrected chi connectivity index (χ0v) is 15.0. The molecule has 0 aliphatic heterocycles. The van der Waals surface area contributed by atoms with E-state index in [1.807, 2.05) is 24.3 Å². The van der Waals surface area contributed by atoms with Crippen molar-refractivity contribution in [2.45, 2.75) is 13.5 Å². The van der Waals surface area contributed by atoms with Crippen LogP contribution in [0, 0.1) is 0 Å². The average Bonchev–Trinajstić information content (AvgIpc) is 3.24. The molecule has 1 aromatic carbocycles. The molecule has 0 saturated carbocycles. The SMILES string of the molecule is COCn1ccc(C(=O)Nc2cnn(COc3ccc(Br)cc3)c2)n1. The van der Waals surface area contributed by atoms with Gasteiger partial charge in [-0.1, -0.05) is 15.9 Å². The Kier molecular flexibility index (Phi) is 5.46. The van der Waals surface area contributed by atoms with Crippen molar-refractivity contribution >= 4 is 27.5 Å². The fourth-order valence-corrected chi connectivity index (χ4v) is 2.32. The number of hydrogen-bond acceptors (Lipinski definition) is 5. The highest BCUT2D eigenvalue weighted by Crippen LogP contribution is 2.16. The topological polar surface area (TPSA) is 83.2 Å². The van der Waals surface area contributed by atoms with Crippen LogP contribution in [0.4, 0.5) is 5.69 Å². The molecule has 0 aliphatic rings. The molecule has 1 N–H and O–H groups in total. The van der Waals surface area contributed by atoms with Gasteiger partial charge in [0.05, 0.1) is 18.1 Å². The van der Waals surface area contributed by atoms with Crippen LogP contribution in [0.3, 0.4) is 0 Å². The normalized spacial score (nSPS) is 10.6. The molecule has 0 atom stereocenters. The van der Waals surface area contributed by atoms with Gasteiger partial charge in [-0.05, 0) is 30.3 Å². The summed E-state index contributed by atoms with van der Waals surface area (Å²) >= 11 is 3.37. The molecule has 0 saturated heterocycles. The predicted molar refractivity (Wildman–Crippen MR) is 94.2 cm³/mol. The lowest BCUT2D eigenvalue weighted by Gasteiger charge is -2.05. The number of benzene rings is 1. The van der Waals surface area contributed by atoms with Gasteiger partial charge < -0.3 is 14.8 Å². The minimum atomic E-state index is -0.316. The molecule has 0 unspecified atom stereocenters. The summed E-state index contributed by atoms with van der Waals surface area (Å²) in [6.07, 6.45) is 4.91. The van der Waals surface area contributed by atoms with Crippen molar-refractivity contribution in [1.82, 2.24) is 19.6 Å². The Bertz CT molecular complexity index is 844. The van der Waals surface area contributed by atoms with Gasteiger partial charge in [0, 0.05) is 17.8 Å². The largest absolute Gasteiger partial charge is 0.471 e. The Morgan fingerprint density at radius 1 is 1.20 bits per heavy atom. The van der Waals surface area contributed by atoms with Crippen molar-refractivity contribution in [2.24, 2.45) is 0 Å². The van der Waals surface area contributed by atoms with Crippen molar-refractivity contribution in [3.05, 3.63) is 59.1 Å². The lowest BCUT2D eigenvalue weighted by atomic mass is 10.3. The number of carbonyl (C=O) groups excluding carboxylic acids is 1. The van der Waals surface area contributed by atoms with Crippen LogP contribution in [0.25, 0.3) is 0 Å². The molecule has 8 nitrogen and oxygen atoms in total. The van der Waals surface area contributed by atoms with E-state index in [1.54, 1.807) is 36.4 Å². The molecule has 0 fully saturated rings. The van der Waals surface area contributed by atoms with E-state index < -0.39 is 0 Å². The number of hydrogen-bond donors (Lipinski definition) is 1. The Labute approximate surface area is 152 Å². The summed E-state index contributed by atoms with van der Waals surface area (Å²) in [5.74, 6) is 0.413. The average molecular weight is 406 g/mol. The first-order chi connectivity index (χ1) is 12.1. The molecule has 3 aromatic rings. The summed E-state index contributed by atoms with van der Waals surface area (Å²) < 4.78 is 14.7. The molecule has 0 spiro atoms. The van der Waals surface area contributed by atoms with E-state index in [1.165, 1.54) is 4.68 Å². The van der Waals surface area contributed by atoms with Crippen molar-refractivity contribution in [1.29, 1.82) is 0 Å². The van der Waals surface area contributed by atoms with Crippen molar-refractivity contribution in [2.75, 3.05) is 12.4 Å². The van der Waals surface area contributed by atoms with Gasteiger partial charge in [0.15, 0.2) is 12.4 Å². The second-order valence-electron chi connectivity index (χ2n) is 5.11. The number of carbonyl (C=O) groups is 1. The molecule has 1 amide bonds. The van der Waals surface area contributed by atoms with E-state index >= 15 is 0 Å². The second kappa shape index (κ2) is 7.95. The summed E-state index contributed by atoms with van der Waals surface area (Å²) in [6, 6.07) is 9.12. The third-order valence-electron chi connectivity index (χ3n) is 3.20. The highest BCUT2D eigenvalue weighted by Gasteiger charge is 2.11. The zero-order valence-electron chi connectivity index (χ0n) is 13.4. The van der Waals surface area contributed by atoms with Crippen molar-refractivity contribution in [3.63, 3.8) is 0 Å². The first-order valence-corrected chi connectivity index (χ1v) is 8.18. The predicted octanol–water partition coefficient (Wildman–Crippen LogP) is 2.73. The number of methoxy groups -OCH3 is 1. The van der Waals surface area contributed by atoms with E-state index in [-0.39, 0.29) is 12.6 Å². The first kappa shape index (κ1) is 17.2. The van der Waals surface area contributed by atoms with Gasteiger partial charge in [-0.25, -0.2) is 9.36 Å². The van der Waals surface area contributed by atoms with E-state index in [4.69, 9.17) is 9.47 Å². The van der Waals surface area contributed by atoms with Gasteiger partial charge in [0.1, 0.15) is 12.5 Å². The molecule has 0 aliphatic carbocycles. The molecule has 2 aromatic heterocycles. The van der Waals surface area contributed by atoms with Gasteiger partial charge in [0.2, 0.25) is 0 Å². The number of nitrogens with one attached hydrogen (secondary N) is 1. The summed E-state index contributed by atoms with van der Waals surface area (Å²) in [5.41, 5.74) is 0.863. The van der Waals surface area contributed by atoms with E-state index in [2.05, 4.69) is 31.4 Å². The van der Waals surface area contributed by atoms with Crippen LogP contribution >= 0.6 is 15.9 Å².